The highest BCUT2D eigenvalue weighted by Gasteiger charge is 2.03. The topological polar surface area (TPSA) is 50.1 Å². The van der Waals surface area contributed by atoms with Crippen LogP contribution in [0.25, 0.3) is 11.1 Å². The molecule has 0 amide bonds. The van der Waals surface area contributed by atoms with Crippen LogP contribution >= 0.6 is 12.2 Å². The van der Waals surface area contributed by atoms with Crippen LogP contribution in [-0.4, -0.2) is 5.11 Å². The predicted octanol–water partition coefficient (Wildman–Crippen LogP) is 1.95. The molecule has 4 N–H and O–H groups in total. The molecule has 3 nitrogen and oxygen atoms in total. The van der Waals surface area contributed by atoms with Crippen molar-refractivity contribution in [1.29, 1.82) is 0 Å². The Balaban J connectivity index is 2.24. The Morgan fingerprint density at radius 2 is 1.67 bits per heavy atom. The zero-order valence-electron chi connectivity index (χ0n) is 8.03. The van der Waals surface area contributed by atoms with Crippen molar-refractivity contribution >= 4 is 23.0 Å². The molecule has 0 aromatic heterocycles. The van der Waals surface area contributed by atoms with Crippen LogP contribution in [0.2, 0.25) is 0 Å². The Morgan fingerprint density at radius 3 is 2.20 bits per heavy atom. The number of rotatable bonds is 2. The molecule has 0 radical (unpaired) electrons. The molecule has 76 valence electrons. The van der Waals surface area contributed by atoms with Gasteiger partial charge in [0.2, 0.25) is 0 Å². The molecule has 0 saturated heterocycles. The minimum Gasteiger partial charge on any atom is -0.375 e. The van der Waals surface area contributed by atoms with E-state index in [0.29, 0.717) is 0 Å². The molecule has 0 fully saturated rings. The van der Waals surface area contributed by atoms with Crippen LogP contribution in [0.5, 0.6) is 0 Å². The van der Waals surface area contributed by atoms with Crippen LogP contribution in [0.4, 0.5) is 5.69 Å². The molecule has 2 rings (SSSR count). The van der Waals surface area contributed by atoms with E-state index in [0.717, 1.165) is 5.69 Å². The van der Waals surface area contributed by atoms with E-state index in [4.69, 9.17) is 18.0 Å². The van der Waals surface area contributed by atoms with Crippen LogP contribution in [0.1, 0.15) is 0 Å². The molecule has 0 bridgehead atoms. The summed E-state index contributed by atoms with van der Waals surface area (Å²) in [6.45, 7) is 0. The van der Waals surface area contributed by atoms with E-state index in [1.54, 1.807) is 0 Å². The average molecular weight is 217 g/mol. The van der Waals surface area contributed by atoms with Crippen LogP contribution in [0, 0.1) is 0 Å². The molecule has 0 heterocycles. The largest absolute Gasteiger partial charge is 0.375 e. The fourth-order valence-corrected chi connectivity index (χ4v) is 1.47. The second-order valence-electron chi connectivity index (χ2n) is 3.18. The molecule has 0 spiro atoms. The monoisotopic (exact) mass is 217 g/mol. The lowest BCUT2D eigenvalue weighted by molar-refractivity contribution is 1.13. The van der Waals surface area contributed by atoms with E-state index in [-0.39, 0.29) is 5.11 Å². The fraction of sp³-hybridized carbons (Fsp3) is 0. The molecular formula is C11H11N3S. The highest BCUT2D eigenvalue weighted by Crippen LogP contribution is 2.27. The van der Waals surface area contributed by atoms with Gasteiger partial charge in [0, 0.05) is 0 Å². The standard InChI is InChI=1S/C11H11N3S/c12-11(15)14-13-10-6-8-4-2-1-3-5-9(8)7-10/h1-7,13H,(H3,12,14,15). The normalized spacial score (nSPS) is 9.87. The van der Waals surface area contributed by atoms with Gasteiger partial charge in [-0.2, -0.15) is 0 Å². The SMILES string of the molecule is NC(=S)NNc1cc2cccccc-2c1. The van der Waals surface area contributed by atoms with Crippen LogP contribution < -0.4 is 16.6 Å². The third kappa shape index (κ3) is 2.35. The maximum atomic E-state index is 5.31. The van der Waals surface area contributed by atoms with Gasteiger partial charge in [-0.25, -0.2) is 0 Å². The summed E-state index contributed by atoms with van der Waals surface area (Å²) in [5, 5.41) is 0.228. The number of nitrogens with one attached hydrogen (secondary N) is 2. The van der Waals surface area contributed by atoms with Crippen molar-refractivity contribution in [2.45, 2.75) is 0 Å². The second-order valence-corrected chi connectivity index (χ2v) is 3.62. The second kappa shape index (κ2) is 4.14. The molecule has 2 aliphatic carbocycles. The first-order valence-electron chi connectivity index (χ1n) is 4.56. The summed E-state index contributed by atoms with van der Waals surface area (Å²) in [5.41, 5.74) is 14.2. The van der Waals surface area contributed by atoms with E-state index >= 15 is 0 Å². The van der Waals surface area contributed by atoms with E-state index in [1.807, 2.05) is 30.3 Å². The minimum absolute atomic E-state index is 0.228. The Kier molecular flexibility index (Phi) is 2.69. The molecule has 0 aromatic rings. The molecule has 0 atom stereocenters. The molecule has 0 saturated carbocycles. The van der Waals surface area contributed by atoms with E-state index in [1.165, 1.54) is 11.1 Å². The molecular weight excluding hydrogens is 206 g/mol. The highest BCUT2D eigenvalue weighted by molar-refractivity contribution is 7.80. The lowest BCUT2D eigenvalue weighted by atomic mass is 10.2. The van der Waals surface area contributed by atoms with Gasteiger partial charge in [0.25, 0.3) is 0 Å². The summed E-state index contributed by atoms with van der Waals surface area (Å²) < 4.78 is 0. The summed E-state index contributed by atoms with van der Waals surface area (Å²) >= 11 is 4.70. The third-order valence-corrected chi connectivity index (χ3v) is 2.16. The summed E-state index contributed by atoms with van der Waals surface area (Å²) in [6, 6.07) is 14.2. The van der Waals surface area contributed by atoms with Crippen molar-refractivity contribution in [1.82, 2.24) is 5.43 Å². The Bertz CT molecular complexity index is 425. The third-order valence-electron chi connectivity index (χ3n) is 2.06. The molecule has 15 heavy (non-hydrogen) atoms. The van der Waals surface area contributed by atoms with Crippen molar-refractivity contribution in [2.75, 3.05) is 5.43 Å². The first-order chi connectivity index (χ1) is 7.25. The van der Waals surface area contributed by atoms with Gasteiger partial charge in [0.15, 0.2) is 5.11 Å². The number of nitrogens with two attached hydrogens (primary N) is 1. The Morgan fingerprint density at radius 1 is 1.07 bits per heavy atom. The number of fused-ring (bicyclic) bond motifs is 1. The van der Waals surface area contributed by atoms with Crippen molar-refractivity contribution in [2.24, 2.45) is 5.73 Å². The maximum Gasteiger partial charge on any atom is 0.182 e. The van der Waals surface area contributed by atoms with E-state index in [9.17, 15) is 0 Å². The van der Waals surface area contributed by atoms with Crippen molar-refractivity contribution in [3.05, 3.63) is 42.5 Å². The van der Waals surface area contributed by atoms with Gasteiger partial charge in [-0.1, -0.05) is 30.3 Å². The predicted molar refractivity (Wildman–Crippen MR) is 66.6 cm³/mol. The number of hydrazine groups is 1. The van der Waals surface area contributed by atoms with Crippen molar-refractivity contribution < 1.29 is 0 Å². The van der Waals surface area contributed by atoms with Crippen LogP contribution in [0.3, 0.4) is 0 Å². The van der Waals surface area contributed by atoms with Gasteiger partial charge in [0.05, 0.1) is 5.69 Å². The van der Waals surface area contributed by atoms with Crippen molar-refractivity contribution in [3.63, 3.8) is 0 Å². The average Bonchev–Trinajstić information content (AvgIpc) is 2.46. The molecule has 4 heteroatoms. The summed E-state index contributed by atoms with van der Waals surface area (Å²) in [7, 11) is 0. The van der Waals surface area contributed by atoms with Crippen molar-refractivity contribution in [3.8, 4) is 11.1 Å². The number of anilines is 1. The Labute approximate surface area is 93.6 Å². The molecule has 0 unspecified atom stereocenters. The van der Waals surface area contributed by atoms with E-state index in [2.05, 4.69) is 23.0 Å². The first kappa shape index (κ1) is 9.73. The number of thiocarbonyl (C=S) groups is 1. The van der Waals surface area contributed by atoms with Gasteiger partial charge in [-0.05, 0) is 35.5 Å². The summed E-state index contributed by atoms with van der Waals surface area (Å²) in [4.78, 5) is 0. The molecule has 2 aliphatic rings. The van der Waals surface area contributed by atoms with Gasteiger partial charge in [-0.15, -0.1) is 0 Å². The van der Waals surface area contributed by atoms with Gasteiger partial charge in [0.1, 0.15) is 0 Å². The lowest BCUT2D eigenvalue weighted by Crippen LogP contribution is -2.33. The zero-order chi connectivity index (χ0) is 10.7. The van der Waals surface area contributed by atoms with Gasteiger partial charge in [-0.3, -0.25) is 10.9 Å². The summed E-state index contributed by atoms with van der Waals surface area (Å²) in [5.74, 6) is 0. The number of hydrogen-bond acceptors (Lipinski definition) is 2. The lowest BCUT2D eigenvalue weighted by Gasteiger charge is -2.03. The van der Waals surface area contributed by atoms with E-state index < -0.39 is 0 Å². The highest BCUT2D eigenvalue weighted by atomic mass is 32.1. The molecule has 0 aliphatic heterocycles. The minimum atomic E-state index is 0.228. The van der Waals surface area contributed by atoms with Crippen LogP contribution in [0.15, 0.2) is 42.5 Å². The zero-order valence-corrected chi connectivity index (χ0v) is 8.84. The quantitative estimate of drug-likeness (QED) is 0.531. The number of hydrogen-bond donors (Lipinski definition) is 3. The first-order valence-corrected chi connectivity index (χ1v) is 4.97. The molecule has 0 aromatic carbocycles. The fourth-order valence-electron chi connectivity index (χ4n) is 1.42. The summed E-state index contributed by atoms with van der Waals surface area (Å²) in [6.07, 6.45) is 0. The van der Waals surface area contributed by atoms with Gasteiger partial charge < -0.3 is 5.73 Å². The van der Waals surface area contributed by atoms with Crippen LogP contribution in [-0.2, 0) is 0 Å². The van der Waals surface area contributed by atoms with Gasteiger partial charge >= 0.3 is 0 Å². The Hall–Kier alpha value is -1.81. The smallest absolute Gasteiger partial charge is 0.182 e. The maximum absolute atomic E-state index is 5.31.